The lowest BCUT2D eigenvalue weighted by atomic mass is 10.2. The highest BCUT2D eigenvalue weighted by atomic mass is 16.5. The molecule has 1 aliphatic heterocycles. The Morgan fingerprint density at radius 1 is 1.19 bits per heavy atom. The molecule has 0 spiro atoms. The lowest BCUT2D eigenvalue weighted by Gasteiger charge is -2.26. The van der Waals surface area contributed by atoms with Crippen molar-refractivity contribution in [3.05, 3.63) is 59.9 Å². The van der Waals surface area contributed by atoms with Crippen molar-refractivity contribution in [3.8, 4) is 17.1 Å². The van der Waals surface area contributed by atoms with Gasteiger partial charge in [-0.05, 0) is 36.8 Å². The number of nitrogens with zero attached hydrogens (tertiary/aromatic N) is 3. The molecule has 1 fully saturated rings. The number of hydrogen-bond donors (Lipinski definition) is 3. The fourth-order valence-corrected chi connectivity index (χ4v) is 3.43. The summed E-state index contributed by atoms with van der Waals surface area (Å²) in [6, 6.07) is 14.9. The molecule has 1 aromatic heterocycles. The Balaban J connectivity index is 1.24. The topological polar surface area (TPSA) is 104 Å². The quantitative estimate of drug-likeness (QED) is 0.502. The zero-order valence-corrected chi connectivity index (χ0v) is 18.1. The first-order valence-corrected chi connectivity index (χ1v) is 10.7. The molecule has 0 aliphatic carbocycles. The van der Waals surface area contributed by atoms with Gasteiger partial charge >= 0.3 is 6.03 Å². The van der Waals surface area contributed by atoms with Gasteiger partial charge < -0.3 is 20.1 Å². The molecule has 3 aromatic rings. The number of ether oxygens (including phenoxy) is 2. The van der Waals surface area contributed by atoms with Gasteiger partial charge in [-0.25, -0.2) is 9.78 Å². The summed E-state index contributed by atoms with van der Waals surface area (Å²) in [5.41, 5.74) is 2.46. The highest BCUT2D eigenvalue weighted by molar-refractivity contribution is 5.89. The third-order valence-electron chi connectivity index (χ3n) is 5.11. The number of carbonyl (C=O) groups is 1. The Kier molecular flexibility index (Phi) is 7.31. The maximum absolute atomic E-state index is 12.4. The summed E-state index contributed by atoms with van der Waals surface area (Å²) in [6.07, 6.45) is 0. The monoisotopic (exact) mass is 436 g/mol. The molecule has 0 unspecified atom stereocenters. The predicted molar refractivity (Wildman–Crippen MR) is 122 cm³/mol. The van der Waals surface area contributed by atoms with Crippen LogP contribution in [0.3, 0.4) is 0 Å². The fraction of sp³-hybridized carbons (Fsp3) is 0.348. The SMILES string of the molecule is Cc1nc(-c2cccc(NC(=O)NCc3cccc(OCCN4CCOCC4)c3)c2)n[nH]1. The van der Waals surface area contributed by atoms with Crippen LogP contribution in [0.4, 0.5) is 10.5 Å². The van der Waals surface area contributed by atoms with Gasteiger partial charge in [-0.2, -0.15) is 5.10 Å². The third-order valence-corrected chi connectivity index (χ3v) is 5.11. The van der Waals surface area contributed by atoms with Gasteiger partial charge in [0.1, 0.15) is 18.2 Å². The van der Waals surface area contributed by atoms with E-state index in [0.717, 1.165) is 55.5 Å². The summed E-state index contributed by atoms with van der Waals surface area (Å²) < 4.78 is 11.2. The second kappa shape index (κ2) is 10.7. The van der Waals surface area contributed by atoms with Crippen LogP contribution < -0.4 is 15.4 Å². The van der Waals surface area contributed by atoms with Crippen LogP contribution in [0.25, 0.3) is 11.4 Å². The van der Waals surface area contributed by atoms with Gasteiger partial charge in [0, 0.05) is 37.4 Å². The molecule has 2 heterocycles. The van der Waals surface area contributed by atoms with Gasteiger partial charge in [0.05, 0.1) is 13.2 Å². The van der Waals surface area contributed by atoms with Crippen molar-refractivity contribution in [2.24, 2.45) is 0 Å². The molecule has 2 amide bonds. The minimum Gasteiger partial charge on any atom is -0.492 e. The van der Waals surface area contributed by atoms with Crippen LogP contribution in [-0.2, 0) is 11.3 Å². The molecule has 3 N–H and O–H groups in total. The molecule has 1 saturated heterocycles. The minimum atomic E-state index is -0.285. The number of H-pyrrole nitrogens is 1. The van der Waals surface area contributed by atoms with Gasteiger partial charge in [-0.3, -0.25) is 10.00 Å². The van der Waals surface area contributed by atoms with Crippen molar-refractivity contribution < 1.29 is 14.3 Å². The Morgan fingerprint density at radius 2 is 2.03 bits per heavy atom. The average Bonchev–Trinajstić information content (AvgIpc) is 3.25. The number of nitrogens with one attached hydrogen (secondary N) is 3. The number of urea groups is 1. The standard InChI is InChI=1S/C23H28N6O3/c1-17-25-22(28-27-17)19-5-3-6-20(15-19)26-23(30)24-16-18-4-2-7-21(14-18)32-13-10-29-8-11-31-12-9-29/h2-7,14-15H,8-13,16H2,1H3,(H2,24,26,30)(H,25,27,28). The van der Waals surface area contributed by atoms with E-state index in [4.69, 9.17) is 9.47 Å². The molecule has 0 atom stereocenters. The van der Waals surface area contributed by atoms with E-state index in [9.17, 15) is 4.79 Å². The summed E-state index contributed by atoms with van der Waals surface area (Å²) >= 11 is 0. The largest absolute Gasteiger partial charge is 0.492 e. The average molecular weight is 437 g/mol. The van der Waals surface area contributed by atoms with E-state index in [2.05, 4.69) is 30.7 Å². The van der Waals surface area contributed by atoms with Crippen molar-refractivity contribution in [2.75, 3.05) is 44.8 Å². The number of morpholine rings is 1. The molecule has 32 heavy (non-hydrogen) atoms. The van der Waals surface area contributed by atoms with Crippen molar-refractivity contribution in [2.45, 2.75) is 13.5 Å². The molecule has 2 aromatic carbocycles. The molecule has 4 rings (SSSR count). The summed E-state index contributed by atoms with van der Waals surface area (Å²) in [4.78, 5) is 19.0. The van der Waals surface area contributed by atoms with Gasteiger partial charge in [-0.1, -0.05) is 24.3 Å². The van der Waals surface area contributed by atoms with E-state index in [1.165, 1.54) is 0 Å². The van der Waals surface area contributed by atoms with Crippen LogP contribution in [0.2, 0.25) is 0 Å². The van der Waals surface area contributed by atoms with Gasteiger partial charge in [0.15, 0.2) is 5.82 Å². The number of anilines is 1. The second-order valence-electron chi connectivity index (χ2n) is 7.58. The zero-order chi connectivity index (χ0) is 22.2. The zero-order valence-electron chi connectivity index (χ0n) is 18.1. The Morgan fingerprint density at radius 3 is 2.84 bits per heavy atom. The smallest absolute Gasteiger partial charge is 0.319 e. The lowest BCUT2D eigenvalue weighted by Crippen LogP contribution is -2.38. The highest BCUT2D eigenvalue weighted by Gasteiger charge is 2.10. The van der Waals surface area contributed by atoms with Crippen molar-refractivity contribution in [3.63, 3.8) is 0 Å². The number of aromatic amines is 1. The Bertz CT molecular complexity index is 1030. The maximum Gasteiger partial charge on any atom is 0.319 e. The minimum absolute atomic E-state index is 0.285. The van der Waals surface area contributed by atoms with E-state index >= 15 is 0 Å². The van der Waals surface area contributed by atoms with E-state index in [1.807, 2.05) is 55.5 Å². The predicted octanol–water partition coefficient (Wildman–Crippen LogP) is 2.81. The van der Waals surface area contributed by atoms with E-state index in [1.54, 1.807) is 0 Å². The number of aromatic nitrogens is 3. The molecule has 0 radical (unpaired) electrons. The van der Waals surface area contributed by atoms with Crippen LogP contribution in [0.5, 0.6) is 5.75 Å². The molecule has 9 heteroatoms. The van der Waals surface area contributed by atoms with Gasteiger partial charge in [-0.15, -0.1) is 0 Å². The molecule has 1 aliphatic rings. The van der Waals surface area contributed by atoms with Crippen LogP contribution in [0.1, 0.15) is 11.4 Å². The number of amides is 2. The number of aryl methyl sites for hydroxylation is 1. The van der Waals surface area contributed by atoms with Gasteiger partial charge in [0.25, 0.3) is 0 Å². The van der Waals surface area contributed by atoms with Crippen molar-refractivity contribution >= 4 is 11.7 Å². The molecular weight excluding hydrogens is 408 g/mol. The van der Waals surface area contributed by atoms with Crippen LogP contribution in [0.15, 0.2) is 48.5 Å². The van der Waals surface area contributed by atoms with Crippen molar-refractivity contribution in [1.29, 1.82) is 0 Å². The molecule has 168 valence electrons. The summed E-state index contributed by atoms with van der Waals surface area (Å²) in [6.45, 7) is 7.20. The Labute approximate surface area is 187 Å². The van der Waals surface area contributed by atoms with Crippen molar-refractivity contribution in [1.82, 2.24) is 25.4 Å². The first kappa shape index (κ1) is 21.8. The van der Waals surface area contributed by atoms with E-state index in [0.29, 0.717) is 24.7 Å². The first-order valence-electron chi connectivity index (χ1n) is 10.7. The summed E-state index contributed by atoms with van der Waals surface area (Å²) in [7, 11) is 0. The van der Waals surface area contributed by atoms with Gasteiger partial charge in [0.2, 0.25) is 0 Å². The van der Waals surface area contributed by atoms with Crippen LogP contribution in [0, 0.1) is 6.92 Å². The highest BCUT2D eigenvalue weighted by Crippen LogP contribution is 2.19. The normalized spacial score (nSPS) is 14.2. The number of carbonyl (C=O) groups excluding carboxylic acids is 1. The van der Waals surface area contributed by atoms with Crippen LogP contribution >= 0.6 is 0 Å². The van der Waals surface area contributed by atoms with E-state index < -0.39 is 0 Å². The first-order chi connectivity index (χ1) is 15.7. The number of hydrogen-bond acceptors (Lipinski definition) is 6. The maximum atomic E-state index is 12.4. The number of rotatable bonds is 8. The second-order valence-corrected chi connectivity index (χ2v) is 7.58. The van der Waals surface area contributed by atoms with Crippen LogP contribution in [-0.4, -0.2) is 65.6 Å². The summed E-state index contributed by atoms with van der Waals surface area (Å²) in [5, 5.41) is 12.7. The fourth-order valence-electron chi connectivity index (χ4n) is 3.43. The molecule has 9 nitrogen and oxygen atoms in total. The molecule has 0 saturated carbocycles. The molecular formula is C23H28N6O3. The number of benzene rings is 2. The van der Waals surface area contributed by atoms with E-state index in [-0.39, 0.29) is 6.03 Å². The lowest BCUT2D eigenvalue weighted by molar-refractivity contribution is 0.0322. The molecule has 0 bridgehead atoms. The third kappa shape index (κ3) is 6.29. The summed E-state index contributed by atoms with van der Waals surface area (Å²) in [5.74, 6) is 2.13. The Hall–Kier alpha value is -3.43.